The summed E-state index contributed by atoms with van der Waals surface area (Å²) in [6, 6.07) is 0. The highest BCUT2D eigenvalue weighted by atomic mass is 79.9. The zero-order valence-corrected chi connectivity index (χ0v) is 9.54. The van der Waals surface area contributed by atoms with Gasteiger partial charge in [-0.25, -0.2) is 13.1 Å². The standard InChI is InChI=1S/C6H12BrF2NO2S/c1-2-5(7)3-4-10-13(11,12)6(8)9/h5-6,10H,2-4H2,1H3. The van der Waals surface area contributed by atoms with Crippen molar-refractivity contribution in [2.24, 2.45) is 0 Å². The molecule has 0 saturated carbocycles. The highest BCUT2D eigenvalue weighted by Crippen LogP contribution is 2.09. The van der Waals surface area contributed by atoms with Gasteiger partial charge in [0.25, 0.3) is 10.0 Å². The predicted octanol–water partition coefficient (Wildman–Crippen LogP) is 1.69. The summed E-state index contributed by atoms with van der Waals surface area (Å²) in [5.74, 6) is -3.34. The number of rotatable bonds is 6. The van der Waals surface area contributed by atoms with E-state index in [0.29, 0.717) is 6.42 Å². The van der Waals surface area contributed by atoms with Crippen LogP contribution in [0, 0.1) is 0 Å². The lowest BCUT2D eigenvalue weighted by Gasteiger charge is -2.07. The van der Waals surface area contributed by atoms with Gasteiger partial charge < -0.3 is 0 Å². The van der Waals surface area contributed by atoms with Gasteiger partial charge in [0.2, 0.25) is 0 Å². The Hall–Kier alpha value is 0.250. The zero-order chi connectivity index (χ0) is 10.5. The van der Waals surface area contributed by atoms with Crippen molar-refractivity contribution in [1.29, 1.82) is 0 Å². The van der Waals surface area contributed by atoms with Crippen molar-refractivity contribution >= 4 is 26.0 Å². The van der Waals surface area contributed by atoms with Crippen LogP contribution in [-0.4, -0.2) is 25.5 Å². The first-order valence-corrected chi connectivity index (χ1v) is 6.27. The Morgan fingerprint density at radius 3 is 2.38 bits per heavy atom. The molecule has 0 heterocycles. The van der Waals surface area contributed by atoms with Gasteiger partial charge in [-0.05, 0) is 12.8 Å². The molecule has 0 radical (unpaired) electrons. The molecule has 7 heteroatoms. The molecule has 1 atom stereocenters. The van der Waals surface area contributed by atoms with Crippen LogP contribution in [0.1, 0.15) is 19.8 Å². The Morgan fingerprint density at radius 2 is 2.00 bits per heavy atom. The van der Waals surface area contributed by atoms with Crippen LogP contribution in [0.2, 0.25) is 0 Å². The molecule has 0 spiro atoms. The highest BCUT2D eigenvalue weighted by molar-refractivity contribution is 9.09. The molecule has 3 nitrogen and oxygen atoms in total. The van der Waals surface area contributed by atoms with Crippen LogP contribution in [0.25, 0.3) is 0 Å². The normalized spacial score (nSPS) is 14.8. The third kappa shape index (κ3) is 5.53. The van der Waals surface area contributed by atoms with Crippen molar-refractivity contribution in [3.63, 3.8) is 0 Å². The SMILES string of the molecule is CCC(Br)CCNS(=O)(=O)C(F)F. The molecule has 0 rings (SSSR count). The van der Waals surface area contributed by atoms with Crippen LogP contribution in [0.3, 0.4) is 0 Å². The predicted molar refractivity (Wildman–Crippen MR) is 50.5 cm³/mol. The van der Waals surface area contributed by atoms with E-state index in [1.807, 2.05) is 11.6 Å². The quantitative estimate of drug-likeness (QED) is 0.753. The van der Waals surface area contributed by atoms with E-state index in [-0.39, 0.29) is 11.4 Å². The molecule has 0 aromatic rings. The summed E-state index contributed by atoms with van der Waals surface area (Å²) in [5.41, 5.74) is 0. The summed E-state index contributed by atoms with van der Waals surface area (Å²) in [5, 5.41) is 0. The molecule has 0 aromatic heterocycles. The Morgan fingerprint density at radius 1 is 1.46 bits per heavy atom. The van der Waals surface area contributed by atoms with Gasteiger partial charge in [0.15, 0.2) is 0 Å². The molecular weight excluding hydrogens is 268 g/mol. The van der Waals surface area contributed by atoms with Gasteiger partial charge in [-0.15, -0.1) is 0 Å². The van der Waals surface area contributed by atoms with E-state index >= 15 is 0 Å². The smallest absolute Gasteiger partial charge is 0.210 e. The fourth-order valence-corrected chi connectivity index (χ4v) is 1.38. The largest absolute Gasteiger partial charge is 0.350 e. The maximum atomic E-state index is 11.8. The van der Waals surface area contributed by atoms with E-state index in [1.54, 1.807) is 0 Å². The van der Waals surface area contributed by atoms with Crippen LogP contribution >= 0.6 is 15.9 Å². The molecule has 0 amide bonds. The maximum Gasteiger partial charge on any atom is 0.350 e. The van der Waals surface area contributed by atoms with Gasteiger partial charge in [0.1, 0.15) is 0 Å². The Labute approximate surface area is 85.1 Å². The van der Waals surface area contributed by atoms with E-state index in [4.69, 9.17) is 0 Å². The summed E-state index contributed by atoms with van der Waals surface area (Å²) in [4.78, 5) is 0.160. The van der Waals surface area contributed by atoms with Gasteiger partial charge in [-0.3, -0.25) is 0 Å². The summed E-state index contributed by atoms with van der Waals surface area (Å²) in [6.07, 6.45) is 1.33. The lowest BCUT2D eigenvalue weighted by atomic mass is 10.2. The molecule has 80 valence electrons. The average Bonchev–Trinajstić information content (AvgIpc) is 2.03. The topological polar surface area (TPSA) is 46.2 Å². The summed E-state index contributed by atoms with van der Waals surface area (Å²) in [6.45, 7) is 1.96. The van der Waals surface area contributed by atoms with Crippen LogP contribution in [0.15, 0.2) is 0 Å². The van der Waals surface area contributed by atoms with E-state index < -0.39 is 15.8 Å². The highest BCUT2D eigenvalue weighted by Gasteiger charge is 2.22. The minimum atomic E-state index is -4.41. The number of hydrogen-bond donors (Lipinski definition) is 1. The molecule has 0 saturated heterocycles. The maximum absolute atomic E-state index is 11.8. The Bertz CT molecular complexity index is 233. The van der Waals surface area contributed by atoms with Gasteiger partial charge >= 0.3 is 5.76 Å². The van der Waals surface area contributed by atoms with E-state index in [2.05, 4.69) is 15.9 Å². The van der Waals surface area contributed by atoms with Crippen LogP contribution in [0.5, 0.6) is 0 Å². The minimum absolute atomic E-state index is 0.0381. The molecule has 1 N–H and O–H groups in total. The zero-order valence-electron chi connectivity index (χ0n) is 7.13. The molecule has 0 aliphatic heterocycles. The van der Waals surface area contributed by atoms with Gasteiger partial charge in [0.05, 0.1) is 0 Å². The molecule has 0 fully saturated rings. The van der Waals surface area contributed by atoms with Crippen LogP contribution < -0.4 is 4.72 Å². The number of hydrogen-bond acceptors (Lipinski definition) is 2. The van der Waals surface area contributed by atoms with E-state index in [9.17, 15) is 17.2 Å². The first-order chi connectivity index (χ1) is 5.90. The van der Waals surface area contributed by atoms with E-state index in [1.165, 1.54) is 0 Å². The third-order valence-corrected chi connectivity index (χ3v) is 3.62. The van der Waals surface area contributed by atoms with Gasteiger partial charge in [-0.1, -0.05) is 22.9 Å². The Kier molecular flexibility index (Phi) is 5.98. The van der Waals surface area contributed by atoms with Crippen molar-refractivity contribution in [2.45, 2.75) is 30.4 Å². The van der Waals surface area contributed by atoms with Crippen LogP contribution in [0.4, 0.5) is 8.78 Å². The first-order valence-electron chi connectivity index (χ1n) is 3.80. The number of halogens is 3. The Balaban J connectivity index is 3.78. The lowest BCUT2D eigenvalue weighted by molar-refractivity contribution is 0.232. The van der Waals surface area contributed by atoms with Gasteiger partial charge in [-0.2, -0.15) is 8.78 Å². The van der Waals surface area contributed by atoms with Crippen molar-refractivity contribution in [2.75, 3.05) is 6.54 Å². The summed E-state index contributed by atoms with van der Waals surface area (Å²) >= 11 is 3.26. The molecular formula is C6H12BrF2NO2S. The van der Waals surface area contributed by atoms with Crippen molar-refractivity contribution in [3.8, 4) is 0 Å². The molecule has 0 aliphatic rings. The summed E-state index contributed by atoms with van der Waals surface area (Å²) in [7, 11) is -4.41. The average molecular weight is 280 g/mol. The minimum Gasteiger partial charge on any atom is -0.210 e. The fourth-order valence-electron chi connectivity index (χ4n) is 0.625. The van der Waals surface area contributed by atoms with Crippen molar-refractivity contribution in [1.82, 2.24) is 4.72 Å². The molecule has 1 unspecified atom stereocenters. The second kappa shape index (κ2) is 5.87. The second-order valence-corrected chi connectivity index (χ2v) is 5.52. The second-order valence-electron chi connectivity index (χ2n) is 2.49. The van der Waals surface area contributed by atoms with Gasteiger partial charge in [0, 0.05) is 11.4 Å². The molecule has 13 heavy (non-hydrogen) atoms. The molecule has 0 aromatic carbocycles. The first kappa shape index (κ1) is 13.2. The lowest BCUT2D eigenvalue weighted by Crippen LogP contribution is -2.31. The van der Waals surface area contributed by atoms with Crippen LogP contribution in [-0.2, 0) is 10.0 Å². The third-order valence-electron chi connectivity index (χ3n) is 1.44. The number of nitrogens with one attached hydrogen (secondary N) is 1. The molecule has 0 aliphatic carbocycles. The van der Waals surface area contributed by atoms with Crippen molar-refractivity contribution < 1.29 is 17.2 Å². The monoisotopic (exact) mass is 279 g/mol. The number of sulfonamides is 1. The van der Waals surface area contributed by atoms with Crippen molar-refractivity contribution in [3.05, 3.63) is 0 Å². The summed E-state index contributed by atoms with van der Waals surface area (Å²) < 4.78 is 46.4. The number of alkyl halides is 3. The molecule has 0 bridgehead atoms. The van der Waals surface area contributed by atoms with E-state index in [0.717, 1.165) is 6.42 Å². The fraction of sp³-hybridized carbons (Fsp3) is 1.00.